The lowest BCUT2D eigenvalue weighted by atomic mass is 10.0. The van der Waals surface area contributed by atoms with Crippen LogP contribution in [0.5, 0.6) is 5.75 Å². The molecular weight excluding hydrogens is 241 g/mol. The van der Waals surface area contributed by atoms with Crippen molar-refractivity contribution in [1.82, 2.24) is 5.32 Å². The molecule has 0 saturated heterocycles. The van der Waals surface area contributed by atoms with Gasteiger partial charge in [0.1, 0.15) is 11.6 Å². The van der Waals surface area contributed by atoms with Crippen LogP contribution in [0.1, 0.15) is 26.7 Å². The van der Waals surface area contributed by atoms with E-state index in [4.69, 9.17) is 4.74 Å². The highest BCUT2D eigenvalue weighted by molar-refractivity contribution is 5.30. The number of hydrogen-bond donors (Lipinski definition) is 1. The van der Waals surface area contributed by atoms with Crippen LogP contribution in [0.3, 0.4) is 0 Å². The van der Waals surface area contributed by atoms with Gasteiger partial charge in [0.2, 0.25) is 0 Å². The maximum Gasteiger partial charge on any atom is 0.123 e. The Kier molecular flexibility index (Phi) is 6.13. The summed E-state index contributed by atoms with van der Waals surface area (Å²) in [5.74, 6) is 0.456. The fourth-order valence-electron chi connectivity index (χ4n) is 1.84. The topological polar surface area (TPSA) is 21.3 Å². The third-order valence-electron chi connectivity index (χ3n) is 3.00. The molecule has 0 atom stereocenters. The van der Waals surface area contributed by atoms with E-state index >= 15 is 0 Å². The first-order valence-electron chi connectivity index (χ1n) is 6.46. The van der Waals surface area contributed by atoms with Crippen LogP contribution in [-0.4, -0.2) is 13.7 Å². The summed E-state index contributed by atoms with van der Waals surface area (Å²) in [6.07, 6.45) is 1.82. The van der Waals surface area contributed by atoms with Crippen molar-refractivity contribution in [3.05, 3.63) is 53.5 Å². The molecule has 0 amide bonds. The van der Waals surface area contributed by atoms with Gasteiger partial charge in [0.05, 0.1) is 6.61 Å². The van der Waals surface area contributed by atoms with Crippen molar-refractivity contribution >= 4 is 0 Å². The monoisotopic (exact) mass is 263 g/mol. The molecule has 0 spiro atoms. The van der Waals surface area contributed by atoms with Crippen molar-refractivity contribution < 1.29 is 9.13 Å². The summed E-state index contributed by atoms with van der Waals surface area (Å²) < 4.78 is 18.3. The first-order chi connectivity index (χ1) is 9.04. The molecular formula is C16H22FNO. The minimum Gasteiger partial charge on any atom is -0.494 e. The summed E-state index contributed by atoms with van der Waals surface area (Å²) in [7, 11) is 1.91. The largest absolute Gasteiger partial charge is 0.494 e. The fourth-order valence-corrected chi connectivity index (χ4v) is 1.84. The van der Waals surface area contributed by atoms with Gasteiger partial charge >= 0.3 is 0 Å². The Morgan fingerprint density at radius 3 is 2.42 bits per heavy atom. The second-order valence-corrected chi connectivity index (χ2v) is 4.54. The van der Waals surface area contributed by atoms with E-state index in [1.54, 1.807) is 12.1 Å². The highest BCUT2D eigenvalue weighted by Crippen LogP contribution is 2.18. The van der Waals surface area contributed by atoms with E-state index in [-0.39, 0.29) is 5.82 Å². The van der Waals surface area contributed by atoms with Gasteiger partial charge in [-0.2, -0.15) is 0 Å². The lowest BCUT2D eigenvalue weighted by Crippen LogP contribution is -2.07. The van der Waals surface area contributed by atoms with Crippen molar-refractivity contribution in [2.75, 3.05) is 13.7 Å². The smallest absolute Gasteiger partial charge is 0.123 e. The molecule has 2 nitrogen and oxygen atoms in total. The summed E-state index contributed by atoms with van der Waals surface area (Å²) in [5.41, 5.74) is 3.47. The Morgan fingerprint density at radius 1 is 1.26 bits per heavy atom. The van der Waals surface area contributed by atoms with Crippen LogP contribution < -0.4 is 10.1 Å². The molecule has 0 bridgehead atoms. The number of ether oxygens (including phenoxy) is 1. The molecule has 0 aliphatic rings. The van der Waals surface area contributed by atoms with Gasteiger partial charge in [-0.3, -0.25) is 0 Å². The summed E-state index contributed by atoms with van der Waals surface area (Å²) in [5, 5.41) is 3.15. The number of hydrogen-bond acceptors (Lipinski definition) is 2. The highest BCUT2D eigenvalue weighted by atomic mass is 19.1. The van der Waals surface area contributed by atoms with Crippen LogP contribution in [0.4, 0.5) is 4.39 Å². The Bertz CT molecular complexity index is 448. The number of rotatable bonds is 7. The van der Waals surface area contributed by atoms with E-state index in [0.29, 0.717) is 12.4 Å². The molecule has 0 heterocycles. The molecule has 1 aromatic carbocycles. The molecule has 0 unspecified atom stereocenters. The Morgan fingerprint density at radius 2 is 1.89 bits per heavy atom. The Hall–Kier alpha value is -1.77. The second-order valence-electron chi connectivity index (χ2n) is 4.54. The van der Waals surface area contributed by atoms with Gasteiger partial charge in [-0.25, -0.2) is 4.39 Å². The molecule has 0 radical (unpaired) electrons. The molecule has 0 fully saturated rings. The molecule has 0 saturated carbocycles. The third kappa shape index (κ3) is 5.16. The van der Waals surface area contributed by atoms with E-state index < -0.39 is 0 Å². The zero-order chi connectivity index (χ0) is 14.3. The quantitative estimate of drug-likeness (QED) is 0.592. The number of allylic oxidation sites excluding steroid dienone is 3. The van der Waals surface area contributed by atoms with Crippen LogP contribution in [0.15, 0.2) is 47.7 Å². The first kappa shape index (κ1) is 15.3. The van der Waals surface area contributed by atoms with Crippen molar-refractivity contribution in [1.29, 1.82) is 0 Å². The molecule has 104 valence electrons. The van der Waals surface area contributed by atoms with E-state index in [2.05, 4.69) is 11.9 Å². The molecule has 0 aliphatic heterocycles. The van der Waals surface area contributed by atoms with Gasteiger partial charge in [-0.15, -0.1) is 0 Å². The minimum atomic E-state index is -0.246. The molecule has 1 rings (SSSR count). The van der Waals surface area contributed by atoms with Crippen molar-refractivity contribution in [3.63, 3.8) is 0 Å². The summed E-state index contributed by atoms with van der Waals surface area (Å²) in [6.45, 7) is 8.66. The maximum absolute atomic E-state index is 12.7. The Balaban J connectivity index is 2.41. The van der Waals surface area contributed by atoms with Crippen molar-refractivity contribution in [2.45, 2.75) is 26.7 Å². The Labute approximate surface area is 115 Å². The lowest BCUT2D eigenvalue weighted by molar-refractivity contribution is 0.310. The zero-order valence-electron chi connectivity index (χ0n) is 11.9. The minimum absolute atomic E-state index is 0.246. The van der Waals surface area contributed by atoms with Crippen molar-refractivity contribution in [2.24, 2.45) is 0 Å². The molecule has 3 heteroatoms. The third-order valence-corrected chi connectivity index (χ3v) is 3.00. The predicted octanol–water partition coefficient (Wildman–Crippen LogP) is 4.05. The summed E-state index contributed by atoms with van der Waals surface area (Å²) in [4.78, 5) is 0. The first-order valence-corrected chi connectivity index (χ1v) is 6.46. The lowest BCUT2D eigenvalue weighted by Gasteiger charge is -2.12. The van der Waals surface area contributed by atoms with Gasteiger partial charge in [-0.05, 0) is 56.5 Å². The van der Waals surface area contributed by atoms with Crippen LogP contribution >= 0.6 is 0 Å². The number of benzene rings is 1. The standard InChI is InChI=1S/C16H22FNO/c1-12(2)16(13(3)18-4)6-5-11-19-15-9-7-14(17)8-10-15/h7-10,18H,1,5-6,11H2,2-4H3/b16-13-. The van der Waals surface area contributed by atoms with Crippen LogP contribution in [0.25, 0.3) is 0 Å². The summed E-state index contributed by atoms with van der Waals surface area (Å²) >= 11 is 0. The highest BCUT2D eigenvalue weighted by Gasteiger charge is 2.03. The summed E-state index contributed by atoms with van der Waals surface area (Å²) in [6, 6.07) is 6.09. The second kappa shape index (κ2) is 7.62. The van der Waals surface area contributed by atoms with Gasteiger partial charge in [0.25, 0.3) is 0 Å². The number of nitrogens with one attached hydrogen (secondary N) is 1. The van der Waals surface area contributed by atoms with Gasteiger partial charge in [0.15, 0.2) is 0 Å². The zero-order valence-corrected chi connectivity index (χ0v) is 11.9. The van der Waals surface area contributed by atoms with E-state index in [9.17, 15) is 4.39 Å². The predicted molar refractivity (Wildman–Crippen MR) is 77.7 cm³/mol. The normalized spacial score (nSPS) is 11.8. The van der Waals surface area contributed by atoms with E-state index in [1.165, 1.54) is 17.7 Å². The van der Waals surface area contributed by atoms with Gasteiger partial charge in [-0.1, -0.05) is 12.2 Å². The molecule has 0 aromatic heterocycles. The van der Waals surface area contributed by atoms with Crippen LogP contribution in [-0.2, 0) is 0 Å². The van der Waals surface area contributed by atoms with Crippen LogP contribution in [0.2, 0.25) is 0 Å². The van der Waals surface area contributed by atoms with Gasteiger partial charge in [0, 0.05) is 12.7 Å². The van der Waals surface area contributed by atoms with E-state index in [1.807, 2.05) is 20.9 Å². The average molecular weight is 263 g/mol. The average Bonchev–Trinajstić information content (AvgIpc) is 2.39. The van der Waals surface area contributed by atoms with Crippen molar-refractivity contribution in [3.8, 4) is 5.75 Å². The maximum atomic E-state index is 12.7. The van der Waals surface area contributed by atoms with Crippen LogP contribution in [0, 0.1) is 5.82 Å². The SMILES string of the molecule is C=C(C)/C(CCCOc1ccc(F)cc1)=C(/C)NC. The molecule has 0 aliphatic carbocycles. The van der Waals surface area contributed by atoms with E-state index in [0.717, 1.165) is 24.1 Å². The van der Waals surface area contributed by atoms with Gasteiger partial charge < -0.3 is 10.1 Å². The molecule has 19 heavy (non-hydrogen) atoms. The molecule has 1 aromatic rings. The molecule has 1 N–H and O–H groups in total. The number of halogens is 1. The fraction of sp³-hybridized carbons (Fsp3) is 0.375.